The fraction of sp³-hybridized carbons (Fsp3) is 0.0213. The molecule has 0 atom stereocenters. The van der Waals surface area contributed by atoms with Gasteiger partial charge in [0.2, 0.25) is 0 Å². The minimum Gasteiger partial charge on any atom is -0.0888 e. The van der Waals surface area contributed by atoms with E-state index in [1.165, 1.54) is 87.3 Å². The molecule has 2 aliphatic rings. The van der Waals surface area contributed by atoms with Crippen LogP contribution in [0.1, 0.15) is 22.3 Å². The molecule has 0 unspecified atom stereocenters. The zero-order valence-corrected chi connectivity index (χ0v) is 27.0. The maximum absolute atomic E-state index is 2.44. The van der Waals surface area contributed by atoms with Crippen molar-refractivity contribution in [2.24, 2.45) is 0 Å². The Morgan fingerprint density at radius 2 is 0.896 bits per heavy atom. The Morgan fingerprint density at radius 1 is 0.333 bits per heavy atom. The topological polar surface area (TPSA) is 0 Å². The molecule has 1 aliphatic carbocycles. The molecular weight excluding hydrogens is 597 g/mol. The lowest BCUT2D eigenvalue weighted by molar-refractivity contribution is 0.769. The van der Waals surface area contributed by atoms with Crippen molar-refractivity contribution in [2.75, 3.05) is 0 Å². The Morgan fingerprint density at radius 3 is 1.62 bits per heavy atom. The molecule has 8 aromatic carbocycles. The molecule has 0 nitrogen and oxygen atoms in total. The van der Waals surface area contributed by atoms with Gasteiger partial charge in [0.05, 0.1) is 5.41 Å². The first-order valence-corrected chi connectivity index (χ1v) is 17.4. The highest BCUT2D eigenvalue weighted by Gasteiger charge is 2.46. The van der Waals surface area contributed by atoms with Gasteiger partial charge in [-0.05, 0) is 96.4 Å². The lowest BCUT2D eigenvalue weighted by Gasteiger charge is -2.34. The van der Waals surface area contributed by atoms with Crippen LogP contribution >= 0.6 is 11.8 Å². The lowest BCUT2D eigenvalue weighted by atomic mass is 9.67. The summed E-state index contributed by atoms with van der Waals surface area (Å²) in [4.78, 5) is 2.66. The van der Waals surface area contributed by atoms with Gasteiger partial charge in [-0.2, -0.15) is 0 Å². The van der Waals surface area contributed by atoms with Gasteiger partial charge in [0.25, 0.3) is 0 Å². The van der Waals surface area contributed by atoms with Gasteiger partial charge < -0.3 is 0 Å². The predicted octanol–water partition coefficient (Wildman–Crippen LogP) is 12.7. The van der Waals surface area contributed by atoms with Crippen molar-refractivity contribution in [3.05, 3.63) is 204 Å². The largest absolute Gasteiger partial charge is 0.0888 e. The highest BCUT2D eigenvalue weighted by molar-refractivity contribution is 7.99. The number of hydrogen-bond donors (Lipinski definition) is 0. The van der Waals surface area contributed by atoms with Gasteiger partial charge in [0.15, 0.2) is 0 Å². The zero-order valence-electron chi connectivity index (χ0n) is 26.2. The highest BCUT2D eigenvalue weighted by atomic mass is 32.2. The molecule has 48 heavy (non-hydrogen) atoms. The number of rotatable bonds is 4. The van der Waals surface area contributed by atoms with Crippen LogP contribution in [0, 0.1) is 0 Å². The number of hydrogen-bond acceptors (Lipinski definition) is 1. The van der Waals surface area contributed by atoms with E-state index in [0.29, 0.717) is 0 Å². The van der Waals surface area contributed by atoms with Crippen LogP contribution in [0.25, 0.3) is 55.3 Å². The summed E-state index contributed by atoms with van der Waals surface area (Å²) in [6.07, 6.45) is 0. The summed E-state index contributed by atoms with van der Waals surface area (Å²) >= 11 is 1.88. The van der Waals surface area contributed by atoms with Crippen molar-refractivity contribution >= 4 is 22.5 Å². The molecule has 0 N–H and O–H groups in total. The van der Waals surface area contributed by atoms with E-state index < -0.39 is 5.41 Å². The van der Waals surface area contributed by atoms with Crippen molar-refractivity contribution in [1.29, 1.82) is 0 Å². The van der Waals surface area contributed by atoms with E-state index in [0.717, 1.165) is 0 Å². The third-order valence-corrected chi connectivity index (χ3v) is 11.5. The smallest absolute Gasteiger partial charge is 0.0713 e. The van der Waals surface area contributed by atoms with E-state index in [-0.39, 0.29) is 0 Å². The fourth-order valence-corrected chi connectivity index (χ4v) is 9.35. The maximum Gasteiger partial charge on any atom is 0.0713 e. The van der Waals surface area contributed by atoms with Crippen molar-refractivity contribution in [3.63, 3.8) is 0 Å². The average molecular weight is 627 g/mol. The van der Waals surface area contributed by atoms with E-state index in [4.69, 9.17) is 0 Å². The monoisotopic (exact) mass is 626 g/mol. The van der Waals surface area contributed by atoms with Crippen molar-refractivity contribution < 1.29 is 0 Å². The highest BCUT2D eigenvalue weighted by Crippen LogP contribution is 2.56. The predicted molar refractivity (Wildman–Crippen MR) is 202 cm³/mol. The van der Waals surface area contributed by atoms with Crippen LogP contribution < -0.4 is 0 Å². The molecule has 0 saturated carbocycles. The summed E-state index contributed by atoms with van der Waals surface area (Å²) in [5.74, 6) is 0. The van der Waals surface area contributed by atoms with Crippen molar-refractivity contribution in [2.45, 2.75) is 15.2 Å². The second-order valence-corrected chi connectivity index (χ2v) is 13.9. The lowest BCUT2D eigenvalue weighted by Crippen LogP contribution is -2.28. The molecule has 0 amide bonds. The quantitative estimate of drug-likeness (QED) is 0.187. The standard InChI is InChI=1S/C47H30S/c1-3-13-36(14-4-1)47(37-15-5-2-6-16-37)42-19-8-7-17-38(42)39-27-25-35(30-43(39)47)32-23-21-31(22-24-32)34-26-28-44-41(29-34)40-18-9-11-33-12-10-20-45(48-44)46(33)40/h1-30H. The van der Waals surface area contributed by atoms with Gasteiger partial charge in [-0.25, -0.2) is 0 Å². The summed E-state index contributed by atoms with van der Waals surface area (Å²) in [6.45, 7) is 0. The first-order chi connectivity index (χ1) is 23.8. The Kier molecular flexibility index (Phi) is 6.13. The molecule has 10 rings (SSSR count). The molecular formula is C47H30S. The Bertz CT molecular complexity index is 2460. The van der Waals surface area contributed by atoms with Crippen LogP contribution in [-0.4, -0.2) is 0 Å². The Balaban J connectivity index is 1.08. The summed E-state index contributed by atoms with van der Waals surface area (Å²) in [7, 11) is 0. The molecule has 224 valence electrons. The molecule has 0 aromatic heterocycles. The molecule has 0 spiro atoms. The van der Waals surface area contributed by atoms with Gasteiger partial charge in [0, 0.05) is 15.2 Å². The van der Waals surface area contributed by atoms with Crippen LogP contribution in [0.3, 0.4) is 0 Å². The van der Waals surface area contributed by atoms with Gasteiger partial charge in [0.1, 0.15) is 0 Å². The van der Waals surface area contributed by atoms with Crippen molar-refractivity contribution in [1.82, 2.24) is 0 Å². The third kappa shape index (κ3) is 3.98. The van der Waals surface area contributed by atoms with E-state index in [2.05, 4.69) is 182 Å². The zero-order chi connectivity index (χ0) is 31.7. The minimum atomic E-state index is -0.396. The number of benzene rings is 8. The Hall–Kier alpha value is -5.63. The molecule has 1 heterocycles. The van der Waals surface area contributed by atoms with Crippen LogP contribution in [0.5, 0.6) is 0 Å². The van der Waals surface area contributed by atoms with Crippen LogP contribution in [-0.2, 0) is 5.41 Å². The normalized spacial score (nSPS) is 13.5. The first kappa shape index (κ1) is 27.5. The fourth-order valence-electron chi connectivity index (χ4n) is 8.22. The second-order valence-electron chi connectivity index (χ2n) is 12.8. The summed E-state index contributed by atoms with van der Waals surface area (Å²) in [5.41, 5.74) is 15.1. The van der Waals surface area contributed by atoms with E-state index in [1.54, 1.807) is 0 Å². The van der Waals surface area contributed by atoms with E-state index in [9.17, 15) is 0 Å². The maximum atomic E-state index is 2.44. The Labute approximate surface area is 285 Å². The molecule has 0 bridgehead atoms. The summed E-state index contributed by atoms with van der Waals surface area (Å²) in [5, 5.41) is 2.67. The molecule has 8 aromatic rings. The van der Waals surface area contributed by atoms with Crippen LogP contribution in [0.2, 0.25) is 0 Å². The SMILES string of the molecule is c1ccc(C2(c3ccccc3)c3ccccc3-c3ccc(-c4ccc(-c5ccc6c(c5)-c5cccc7cccc(c57)S6)cc4)cc32)cc1. The van der Waals surface area contributed by atoms with Gasteiger partial charge in [-0.3, -0.25) is 0 Å². The molecule has 0 fully saturated rings. The molecule has 1 aliphatic heterocycles. The summed E-state index contributed by atoms with van der Waals surface area (Å²) < 4.78 is 0. The number of fused-ring (bicyclic) bond motifs is 5. The van der Waals surface area contributed by atoms with E-state index in [1.807, 2.05) is 11.8 Å². The summed E-state index contributed by atoms with van der Waals surface area (Å²) in [6, 6.07) is 67.5. The van der Waals surface area contributed by atoms with Crippen molar-refractivity contribution in [3.8, 4) is 44.5 Å². The van der Waals surface area contributed by atoms with Gasteiger partial charge in [-0.1, -0.05) is 169 Å². The molecule has 0 radical (unpaired) electrons. The minimum absolute atomic E-state index is 0.396. The molecule has 0 saturated heterocycles. The van der Waals surface area contributed by atoms with Gasteiger partial charge in [-0.15, -0.1) is 0 Å². The van der Waals surface area contributed by atoms with Crippen LogP contribution in [0.4, 0.5) is 0 Å². The van der Waals surface area contributed by atoms with Gasteiger partial charge >= 0.3 is 0 Å². The first-order valence-electron chi connectivity index (χ1n) is 16.6. The van der Waals surface area contributed by atoms with Crippen LogP contribution in [0.15, 0.2) is 192 Å². The average Bonchev–Trinajstić information content (AvgIpc) is 3.46. The third-order valence-electron chi connectivity index (χ3n) is 10.4. The second kappa shape index (κ2) is 10.7. The molecule has 1 heteroatoms. The van der Waals surface area contributed by atoms with E-state index >= 15 is 0 Å².